The summed E-state index contributed by atoms with van der Waals surface area (Å²) in [7, 11) is 0. The van der Waals surface area contributed by atoms with Gasteiger partial charge in [0.2, 0.25) is 5.91 Å². The summed E-state index contributed by atoms with van der Waals surface area (Å²) in [6.07, 6.45) is 1.65. The van der Waals surface area contributed by atoms with E-state index in [-0.39, 0.29) is 18.4 Å². The Labute approximate surface area is 167 Å². The van der Waals surface area contributed by atoms with Crippen LogP contribution in [0.1, 0.15) is 24.1 Å². The fourth-order valence-corrected chi connectivity index (χ4v) is 3.61. The Morgan fingerprint density at radius 3 is 2.67 bits per heavy atom. The second-order valence-corrected chi connectivity index (χ2v) is 6.87. The van der Waals surface area contributed by atoms with E-state index < -0.39 is 6.04 Å². The van der Waals surface area contributed by atoms with Crippen molar-refractivity contribution in [1.82, 2.24) is 5.32 Å². The van der Waals surface area contributed by atoms with E-state index in [1.165, 1.54) is 11.8 Å². The molecule has 0 saturated heterocycles. The van der Waals surface area contributed by atoms with Crippen molar-refractivity contribution in [3.8, 4) is 5.75 Å². The number of fused-ring (bicyclic) bond motifs is 1. The maximum Gasteiger partial charge on any atom is 0.254 e. The van der Waals surface area contributed by atoms with Crippen molar-refractivity contribution in [2.45, 2.75) is 19.5 Å². The molecule has 0 aromatic heterocycles. The van der Waals surface area contributed by atoms with E-state index in [1.807, 2.05) is 24.3 Å². The normalized spacial score (nSPS) is 15.4. The van der Waals surface area contributed by atoms with Gasteiger partial charge in [0.1, 0.15) is 18.4 Å². The third kappa shape index (κ3) is 3.80. The summed E-state index contributed by atoms with van der Waals surface area (Å²) in [5.41, 5.74) is 1.82. The molecule has 0 bridgehead atoms. The molecule has 0 radical (unpaired) electrons. The van der Waals surface area contributed by atoms with Crippen molar-refractivity contribution in [2.24, 2.45) is 0 Å². The summed E-state index contributed by atoms with van der Waals surface area (Å²) in [4.78, 5) is 26.2. The van der Waals surface area contributed by atoms with Crippen LogP contribution in [0.4, 0.5) is 5.69 Å². The Kier molecular flexibility index (Phi) is 5.73. The van der Waals surface area contributed by atoms with E-state index >= 15 is 0 Å². The summed E-state index contributed by atoms with van der Waals surface area (Å²) < 4.78 is 5.68. The standard InChI is InChI=1S/C20H18Cl2N2O3/c1-3-10-27-16-7-5-4-6-13(16)11-24-19-15(22)9-8-14(21)17(19)18(20(24)26)23-12(2)25/h3-9,18H,1,10-11H2,2H3,(H,23,25). The van der Waals surface area contributed by atoms with Crippen LogP contribution in [0.3, 0.4) is 0 Å². The molecule has 2 aromatic rings. The van der Waals surface area contributed by atoms with E-state index in [0.29, 0.717) is 33.7 Å². The van der Waals surface area contributed by atoms with Gasteiger partial charge in [0.15, 0.2) is 0 Å². The highest BCUT2D eigenvalue weighted by atomic mass is 35.5. The lowest BCUT2D eigenvalue weighted by molar-refractivity contribution is -0.126. The molecule has 5 nitrogen and oxygen atoms in total. The number of nitrogens with zero attached hydrogens (tertiary/aromatic N) is 1. The molecule has 7 heteroatoms. The van der Waals surface area contributed by atoms with Crippen LogP contribution in [0.2, 0.25) is 10.0 Å². The van der Waals surface area contributed by atoms with Crippen LogP contribution in [-0.2, 0) is 16.1 Å². The molecule has 1 heterocycles. The fourth-order valence-electron chi connectivity index (χ4n) is 3.08. The van der Waals surface area contributed by atoms with Gasteiger partial charge < -0.3 is 15.0 Å². The summed E-state index contributed by atoms with van der Waals surface area (Å²) in [5.74, 6) is 0.0218. The zero-order valence-corrected chi connectivity index (χ0v) is 16.2. The van der Waals surface area contributed by atoms with E-state index in [4.69, 9.17) is 27.9 Å². The van der Waals surface area contributed by atoms with Crippen LogP contribution in [0.25, 0.3) is 0 Å². The lowest BCUT2D eigenvalue weighted by Crippen LogP contribution is -2.36. The molecule has 0 spiro atoms. The van der Waals surface area contributed by atoms with E-state index in [1.54, 1.807) is 18.2 Å². The number of hydrogen-bond acceptors (Lipinski definition) is 3. The predicted molar refractivity (Wildman–Crippen MR) is 106 cm³/mol. The first-order valence-electron chi connectivity index (χ1n) is 8.32. The van der Waals surface area contributed by atoms with E-state index in [0.717, 1.165) is 5.56 Å². The van der Waals surface area contributed by atoms with Gasteiger partial charge in [-0.2, -0.15) is 0 Å². The third-order valence-electron chi connectivity index (χ3n) is 4.19. The van der Waals surface area contributed by atoms with Gasteiger partial charge in [0.25, 0.3) is 5.91 Å². The lowest BCUT2D eigenvalue weighted by atomic mass is 10.1. The van der Waals surface area contributed by atoms with Crippen LogP contribution in [0, 0.1) is 0 Å². The van der Waals surface area contributed by atoms with Crippen LogP contribution >= 0.6 is 23.2 Å². The molecule has 1 unspecified atom stereocenters. The van der Waals surface area contributed by atoms with Crippen molar-refractivity contribution in [2.75, 3.05) is 11.5 Å². The minimum absolute atomic E-state index is 0.231. The van der Waals surface area contributed by atoms with Crippen LogP contribution in [0.15, 0.2) is 49.1 Å². The number of benzene rings is 2. The van der Waals surface area contributed by atoms with Crippen molar-refractivity contribution in [3.63, 3.8) is 0 Å². The smallest absolute Gasteiger partial charge is 0.254 e. The average molecular weight is 405 g/mol. The molecule has 0 aliphatic carbocycles. The molecule has 2 aromatic carbocycles. The molecule has 1 aliphatic heterocycles. The molecule has 140 valence electrons. The lowest BCUT2D eigenvalue weighted by Gasteiger charge is -2.21. The maximum atomic E-state index is 13.1. The fraction of sp³-hybridized carbons (Fsp3) is 0.200. The number of nitrogens with one attached hydrogen (secondary N) is 1. The molecule has 0 fully saturated rings. The Morgan fingerprint density at radius 2 is 1.96 bits per heavy atom. The monoisotopic (exact) mass is 404 g/mol. The van der Waals surface area contributed by atoms with Crippen molar-refractivity contribution >= 4 is 40.7 Å². The van der Waals surface area contributed by atoms with Gasteiger partial charge in [0.05, 0.1) is 17.3 Å². The van der Waals surface area contributed by atoms with Crippen molar-refractivity contribution < 1.29 is 14.3 Å². The second-order valence-electron chi connectivity index (χ2n) is 6.06. The Balaban J connectivity index is 2.03. The Hall–Kier alpha value is -2.50. The minimum Gasteiger partial charge on any atom is -0.489 e. The van der Waals surface area contributed by atoms with E-state index in [2.05, 4.69) is 11.9 Å². The first-order chi connectivity index (χ1) is 12.9. The molecular formula is C20H18Cl2N2O3. The van der Waals surface area contributed by atoms with Crippen LogP contribution in [0.5, 0.6) is 5.75 Å². The number of halogens is 2. The molecule has 3 rings (SSSR count). The summed E-state index contributed by atoms with van der Waals surface area (Å²) in [6, 6.07) is 9.80. The largest absolute Gasteiger partial charge is 0.489 e. The highest BCUT2D eigenvalue weighted by Crippen LogP contribution is 2.45. The molecule has 1 aliphatic rings. The molecule has 27 heavy (non-hydrogen) atoms. The van der Waals surface area contributed by atoms with E-state index in [9.17, 15) is 9.59 Å². The minimum atomic E-state index is -0.870. The summed E-state index contributed by atoms with van der Waals surface area (Å²) in [6.45, 7) is 5.58. The summed E-state index contributed by atoms with van der Waals surface area (Å²) in [5, 5.41) is 3.43. The first kappa shape index (κ1) is 19.3. The number of ether oxygens (including phenoxy) is 1. The average Bonchev–Trinajstić information content (AvgIpc) is 2.91. The Bertz CT molecular complexity index is 914. The SMILES string of the molecule is C=CCOc1ccccc1CN1C(=O)C(NC(C)=O)c2c(Cl)ccc(Cl)c21. The first-order valence-corrected chi connectivity index (χ1v) is 9.07. The number of para-hydroxylation sites is 1. The molecule has 1 atom stereocenters. The van der Waals surface area contributed by atoms with Crippen LogP contribution < -0.4 is 15.0 Å². The third-order valence-corrected chi connectivity index (χ3v) is 4.83. The number of carbonyl (C=O) groups is 2. The van der Waals surface area contributed by atoms with Gasteiger partial charge in [-0.3, -0.25) is 9.59 Å². The summed E-state index contributed by atoms with van der Waals surface area (Å²) >= 11 is 12.7. The number of anilines is 1. The van der Waals surface area contributed by atoms with Gasteiger partial charge in [-0.1, -0.05) is 54.1 Å². The van der Waals surface area contributed by atoms with Crippen LogP contribution in [-0.4, -0.2) is 18.4 Å². The zero-order chi connectivity index (χ0) is 19.6. The number of hydrogen-bond donors (Lipinski definition) is 1. The van der Waals surface area contributed by atoms with Gasteiger partial charge in [-0.25, -0.2) is 0 Å². The molecule has 2 amide bonds. The predicted octanol–water partition coefficient (Wildman–Crippen LogP) is 4.28. The van der Waals surface area contributed by atoms with Crippen molar-refractivity contribution in [3.05, 3.63) is 70.2 Å². The second kappa shape index (κ2) is 8.03. The van der Waals surface area contributed by atoms with Gasteiger partial charge >= 0.3 is 0 Å². The highest BCUT2D eigenvalue weighted by Gasteiger charge is 2.41. The maximum absolute atomic E-state index is 13.1. The van der Waals surface area contributed by atoms with Gasteiger partial charge in [0, 0.05) is 23.1 Å². The topological polar surface area (TPSA) is 58.6 Å². The Morgan fingerprint density at radius 1 is 1.26 bits per heavy atom. The molecular weight excluding hydrogens is 387 g/mol. The number of carbonyl (C=O) groups excluding carboxylic acids is 2. The highest BCUT2D eigenvalue weighted by molar-refractivity contribution is 6.38. The molecule has 0 saturated carbocycles. The quantitative estimate of drug-likeness (QED) is 0.730. The van der Waals surface area contributed by atoms with Gasteiger partial charge in [-0.15, -0.1) is 0 Å². The van der Waals surface area contributed by atoms with Gasteiger partial charge in [-0.05, 0) is 18.2 Å². The van der Waals surface area contributed by atoms with Crippen molar-refractivity contribution in [1.29, 1.82) is 0 Å². The molecule has 1 N–H and O–H groups in total. The number of amides is 2. The number of rotatable bonds is 6. The zero-order valence-electron chi connectivity index (χ0n) is 14.7.